The van der Waals surface area contributed by atoms with Crippen molar-refractivity contribution in [3.63, 3.8) is 0 Å². The Morgan fingerprint density at radius 3 is 2.45 bits per heavy atom. The van der Waals surface area contributed by atoms with Gasteiger partial charge in [-0.15, -0.1) is 0 Å². The standard InChI is InChI=1S/C16H29NO3/c1-3-4-10-14(16(19)20)12(2)11-15(18)17-13-8-6-5-7-9-13/h12-14H,3-11H2,1-2H3,(H,17,18)(H,19,20)/p-1/t12-,14-/m1/s1. The summed E-state index contributed by atoms with van der Waals surface area (Å²) in [6, 6.07) is 0.292. The Morgan fingerprint density at radius 1 is 1.25 bits per heavy atom. The molecule has 2 atom stereocenters. The van der Waals surface area contributed by atoms with E-state index in [0.717, 1.165) is 25.7 Å². The van der Waals surface area contributed by atoms with Crippen LogP contribution in [0.1, 0.15) is 71.6 Å². The fourth-order valence-corrected chi connectivity index (χ4v) is 3.03. The van der Waals surface area contributed by atoms with E-state index in [1.165, 1.54) is 19.3 Å². The van der Waals surface area contributed by atoms with Crippen LogP contribution >= 0.6 is 0 Å². The first kappa shape index (κ1) is 17.0. The van der Waals surface area contributed by atoms with E-state index in [0.29, 0.717) is 18.9 Å². The molecule has 116 valence electrons. The zero-order valence-corrected chi connectivity index (χ0v) is 12.8. The average molecular weight is 282 g/mol. The minimum atomic E-state index is -1.02. The van der Waals surface area contributed by atoms with Crippen molar-refractivity contribution >= 4 is 11.9 Å². The maximum Gasteiger partial charge on any atom is 0.220 e. The highest BCUT2D eigenvalue weighted by atomic mass is 16.4. The number of nitrogens with one attached hydrogen (secondary N) is 1. The van der Waals surface area contributed by atoms with Crippen molar-refractivity contribution in [3.05, 3.63) is 0 Å². The molecule has 1 aliphatic rings. The molecular weight excluding hydrogens is 254 g/mol. The number of unbranched alkanes of at least 4 members (excludes halogenated alkanes) is 1. The minimum absolute atomic E-state index is 0.00727. The first-order valence-corrected chi connectivity index (χ1v) is 8.04. The van der Waals surface area contributed by atoms with Gasteiger partial charge < -0.3 is 15.2 Å². The van der Waals surface area contributed by atoms with Crippen molar-refractivity contribution in [2.24, 2.45) is 11.8 Å². The maximum absolute atomic E-state index is 12.0. The lowest BCUT2D eigenvalue weighted by Crippen LogP contribution is -2.40. The molecule has 0 spiro atoms. The summed E-state index contributed by atoms with van der Waals surface area (Å²) < 4.78 is 0. The molecule has 0 aliphatic heterocycles. The van der Waals surface area contributed by atoms with E-state index in [4.69, 9.17) is 0 Å². The van der Waals surface area contributed by atoms with Crippen LogP contribution in [-0.4, -0.2) is 17.9 Å². The molecule has 0 heterocycles. The largest absolute Gasteiger partial charge is 0.550 e. The summed E-state index contributed by atoms with van der Waals surface area (Å²) in [5.41, 5.74) is 0. The van der Waals surface area contributed by atoms with E-state index in [-0.39, 0.29) is 11.8 Å². The van der Waals surface area contributed by atoms with Gasteiger partial charge in [0.1, 0.15) is 0 Å². The van der Waals surface area contributed by atoms with Gasteiger partial charge in [0.25, 0.3) is 0 Å². The van der Waals surface area contributed by atoms with Gasteiger partial charge in [0.2, 0.25) is 5.91 Å². The van der Waals surface area contributed by atoms with E-state index in [9.17, 15) is 14.7 Å². The van der Waals surface area contributed by atoms with Gasteiger partial charge in [0.05, 0.1) is 0 Å². The van der Waals surface area contributed by atoms with E-state index >= 15 is 0 Å². The number of carbonyl (C=O) groups is 2. The highest BCUT2D eigenvalue weighted by Gasteiger charge is 2.22. The summed E-state index contributed by atoms with van der Waals surface area (Å²) in [6.07, 6.45) is 8.46. The molecule has 0 aromatic heterocycles. The van der Waals surface area contributed by atoms with E-state index in [1.54, 1.807) is 0 Å². The second-order valence-electron chi connectivity index (χ2n) is 6.15. The zero-order chi connectivity index (χ0) is 15.0. The van der Waals surface area contributed by atoms with Crippen LogP contribution in [0.4, 0.5) is 0 Å². The highest BCUT2D eigenvalue weighted by Crippen LogP contribution is 2.22. The van der Waals surface area contributed by atoms with Crippen molar-refractivity contribution in [2.45, 2.75) is 77.7 Å². The maximum atomic E-state index is 12.0. The molecule has 0 aromatic rings. The second-order valence-corrected chi connectivity index (χ2v) is 6.15. The summed E-state index contributed by atoms with van der Waals surface area (Å²) >= 11 is 0. The molecule has 0 radical (unpaired) electrons. The topological polar surface area (TPSA) is 69.2 Å². The predicted octanol–water partition coefficient (Wildman–Crippen LogP) is 2.02. The molecule has 20 heavy (non-hydrogen) atoms. The van der Waals surface area contributed by atoms with Crippen LogP contribution in [0.2, 0.25) is 0 Å². The Balaban J connectivity index is 2.39. The van der Waals surface area contributed by atoms with Gasteiger partial charge in [-0.05, 0) is 25.2 Å². The summed E-state index contributed by atoms with van der Waals surface area (Å²) in [7, 11) is 0. The third-order valence-corrected chi connectivity index (χ3v) is 4.34. The van der Waals surface area contributed by atoms with Crippen molar-refractivity contribution in [1.82, 2.24) is 5.32 Å². The SMILES string of the molecule is CCCC[C@@H](C(=O)[O-])[C@H](C)CC(=O)NC1CCCCC1. The minimum Gasteiger partial charge on any atom is -0.550 e. The number of carboxylic acids is 1. The lowest BCUT2D eigenvalue weighted by Gasteiger charge is -2.27. The molecular formula is C16H28NO3-. The number of amides is 1. The molecule has 1 amide bonds. The molecule has 0 aromatic carbocycles. The molecule has 0 bridgehead atoms. The Morgan fingerprint density at radius 2 is 1.90 bits per heavy atom. The van der Waals surface area contributed by atoms with Crippen LogP contribution in [0.15, 0.2) is 0 Å². The van der Waals surface area contributed by atoms with E-state index in [2.05, 4.69) is 5.32 Å². The lowest BCUT2D eigenvalue weighted by atomic mass is 9.86. The van der Waals surface area contributed by atoms with Gasteiger partial charge >= 0.3 is 0 Å². The molecule has 4 heteroatoms. The third-order valence-electron chi connectivity index (χ3n) is 4.34. The summed E-state index contributed by atoms with van der Waals surface area (Å²) in [4.78, 5) is 23.2. The van der Waals surface area contributed by atoms with Crippen LogP contribution in [0, 0.1) is 11.8 Å². The van der Waals surface area contributed by atoms with E-state index in [1.807, 2.05) is 13.8 Å². The van der Waals surface area contributed by atoms with Crippen LogP contribution < -0.4 is 10.4 Å². The van der Waals surface area contributed by atoms with E-state index < -0.39 is 11.9 Å². The molecule has 0 saturated heterocycles. The Bertz CT molecular complexity index is 311. The number of carboxylic acid groups (broad SMARTS) is 1. The van der Waals surface area contributed by atoms with Crippen molar-refractivity contribution in [3.8, 4) is 0 Å². The summed E-state index contributed by atoms with van der Waals surface area (Å²) in [5, 5.41) is 14.2. The molecule has 1 saturated carbocycles. The average Bonchev–Trinajstić information content (AvgIpc) is 2.39. The Hall–Kier alpha value is -1.06. The van der Waals surface area contributed by atoms with Crippen molar-refractivity contribution < 1.29 is 14.7 Å². The monoisotopic (exact) mass is 282 g/mol. The second kappa shape index (κ2) is 8.98. The van der Waals surface area contributed by atoms with Crippen molar-refractivity contribution in [1.29, 1.82) is 0 Å². The van der Waals surface area contributed by atoms with Crippen molar-refractivity contribution in [2.75, 3.05) is 0 Å². The summed E-state index contributed by atoms with van der Waals surface area (Å²) in [5.74, 6) is -1.69. The summed E-state index contributed by atoms with van der Waals surface area (Å²) in [6.45, 7) is 3.88. The number of carbonyl (C=O) groups excluding carboxylic acids is 2. The first-order valence-electron chi connectivity index (χ1n) is 8.04. The molecule has 1 rings (SSSR count). The number of rotatable bonds is 8. The zero-order valence-electron chi connectivity index (χ0n) is 12.8. The smallest absolute Gasteiger partial charge is 0.220 e. The number of hydrogen-bond acceptors (Lipinski definition) is 3. The number of hydrogen-bond donors (Lipinski definition) is 1. The van der Waals surface area contributed by atoms with Crippen LogP contribution in [0.25, 0.3) is 0 Å². The van der Waals surface area contributed by atoms with Gasteiger partial charge in [-0.1, -0.05) is 46.0 Å². The van der Waals surface area contributed by atoms with Gasteiger partial charge in [-0.3, -0.25) is 4.79 Å². The molecule has 0 unspecified atom stereocenters. The Kier molecular flexibility index (Phi) is 7.63. The van der Waals surface area contributed by atoms with Crippen LogP contribution in [0.5, 0.6) is 0 Å². The molecule has 1 N–H and O–H groups in total. The van der Waals surface area contributed by atoms with Gasteiger partial charge in [0, 0.05) is 24.3 Å². The van der Waals surface area contributed by atoms with Gasteiger partial charge in [-0.25, -0.2) is 0 Å². The normalized spacial score (nSPS) is 19.3. The van der Waals surface area contributed by atoms with Crippen LogP contribution in [0.3, 0.4) is 0 Å². The predicted molar refractivity (Wildman–Crippen MR) is 76.8 cm³/mol. The van der Waals surface area contributed by atoms with Gasteiger partial charge in [0.15, 0.2) is 0 Å². The fraction of sp³-hybridized carbons (Fsp3) is 0.875. The van der Waals surface area contributed by atoms with Crippen LogP contribution in [-0.2, 0) is 9.59 Å². The Labute approximate surface area is 122 Å². The first-order chi connectivity index (χ1) is 9.54. The molecule has 1 fully saturated rings. The fourth-order valence-electron chi connectivity index (χ4n) is 3.03. The third kappa shape index (κ3) is 5.93. The van der Waals surface area contributed by atoms with Gasteiger partial charge in [-0.2, -0.15) is 0 Å². The quantitative estimate of drug-likeness (QED) is 0.740. The lowest BCUT2D eigenvalue weighted by molar-refractivity contribution is -0.313. The number of aliphatic carboxylic acids is 1. The molecule has 4 nitrogen and oxygen atoms in total. The highest BCUT2D eigenvalue weighted by molar-refractivity contribution is 5.77. The molecule has 1 aliphatic carbocycles.